The smallest absolute Gasteiger partial charge is 0.363 e. The Morgan fingerprint density at radius 2 is 1.86 bits per heavy atom. The number of carbonyl (C=O) groups excluding carboxylic acids is 1. The third-order valence-electron chi connectivity index (χ3n) is 3.80. The third kappa shape index (κ3) is 4.17. The lowest BCUT2D eigenvalue weighted by molar-refractivity contribution is -0.384. The van der Waals surface area contributed by atoms with Crippen LogP contribution in [0, 0.1) is 10.1 Å². The van der Waals surface area contributed by atoms with Crippen LogP contribution in [0.1, 0.15) is 25.0 Å². The zero-order valence-electron chi connectivity index (χ0n) is 15.4. The molecule has 0 saturated carbocycles. The number of ether oxygens (including phenoxy) is 3. The molecular weight excluding hydrogens is 364 g/mol. The number of nitro benzene ring substituents is 1. The molecule has 0 fully saturated rings. The van der Waals surface area contributed by atoms with Crippen molar-refractivity contribution < 1.29 is 23.9 Å². The number of nitrogens with zero attached hydrogens (tertiary/aromatic N) is 2. The van der Waals surface area contributed by atoms with E-state index < -0.39 is 10.9 Å². The van der Waals surface area contributed by atoms with E-state index in [-0.39, 0.29) is 17.3 Å². The molecule has 2 aromatic rings. The Morgan fingerprint density at radius 3 is 2.57 bits per heavy atom. The number of benzene rings is 2. The van der Waals surface area contributed by atoms with Crippen molar-refractivity contribution in [3.05, 3.63) is 69.4 Å². The molecule has 0 aromatic heterocycles. The Labute approximate surface area is 161 Å². The lowest BCUT2D eigenvalue weighted by atomic mass is 10.1. The second-order valence-corrected chi connectivity index (χ2v) is 5.72. The third-order valence-corrected chi connectivity index (χ3v) is 3.80. The van der Waals surface area contributed by atoms with Crippen molar-refractivity contribution in [3.8, 4) is 11.5 Å². The van der Waals surface area contributed by atoms with Gasteiger partial charge in [0.05, 0.1) is 18.1 Å². The fourth-order valence-corrected chi connectivity index (χ4v) is 2.60. The van der Waals surface area contributed by atoms with E-state index in [1.165, 1.54) is 24.3 Å². The van der Waals surface area contributed by atoms with Gasteiger partial charge >= 0.3 is 5.97 Å². The summed E-state index contributed by atoms with van der Waals surface area (Å²) in [7, 11) is 0. The average Bonchev–Trinajstić information content (AvgIpc) is 3.04. The van der Waals surface area contributed by atoms with Crippen LogP contribution < -0.4 is 9.47 Å². The lowest BCUT2D eigenvalue weighted by Crippen LogP contribution is -2.06. The predicted molar refractivity (Wildman–Crippen MR) is 102 cm³/mol. The summed E-state index contributed by atoms with van der Waals surface area (Å²) in [5.41, 5.74) is 1.02. The Hall–Kier alpha value is -3.68. The number of esters is 1. The molecule has 8 nitrogen and oxygen atoms in total. The van der Waals surface area contributed by atoms with Crippen LogP contribution >= 0.6 is 0 Å². The average molecular weight is 382 g/mol. The molecule has 1 aliphatic heterocycles. The molecule has 144 valence electrons. The highest BCUT2D eigenvalue weighted by molar-refractivity contribution is 6.13. The standard InChI is InChI=1S/C20H18N2O6/c1-3-26-17-9-8-14(12-18(17)27-4-2)19-21-16(20(23)28-19)11-13-6-5-7-15(10-13)22(24)25/h5-12H,3-4H2,1-2H3/b16-11-. The van der Waals surface area contributed by atoms with Gasteiger partial charge in [-0.2, -0.15) is 0 Å². The molecule has 2 aromatic carbocycles. The highest BCUT2D eigenvalue weighted by Crippen LogP contribution is 2.30. The second-order valence-electron chi connectivity index (χ2n) is 5.72. The summed E-state index contributed by atoms with van der Waals surface area (Å²) in [5.74, 6) is 0.612. The highest BCUT2D eigenvalue weighted by Gasteiger charge is 2.25. The SMILES string of the molecule is CCOc1ccc(C2=N/C(=C\c3cccc([N+](=O)[O-])c3)C(=O)O2)cc1OCC. The van der Waals surface area contributed by atoms with Crippen LogP contribution in [0.2, 0.25) is 0 Å². The molecule has 0 radical (unpaired) electrons. The van der Waals surface area contributed by atoms with Gasteiger partial charge in [-0.3, -0.25) is 10.1 Å². The molecule has 1 aliphatic rings. The van der Waals surface area contributed by atoms with Crippen LogP contribution in [-0.2, 0) is 9.53 Å². The van der Waals surface area contributed by atoms with Crippen molar-refractivity contribution in [1.29, 1.82) is 0 Å². The minimum atomic E-state index is -0.631. The number of nitro groups is 1. The molecule has 0 atom stereocenters. The summed E-state index contributed by atoms with van der Waals surface area (Å²) in [6.45, 7) is 4.67. The van der Waals surface area contributed by atoms with Crippen molar-refractivity contribution in [3.63, 3.8) is 0 Å². The zero-order chi connectivity index (χ0) is 20.1. The Kier molecular flexibility index (Phi) is 5.69. The van der Waals surface area contributed by atoms with Gasteiger partial charge in [-0.15, -0.1) is 0 Å². The van der Waals surface area contributed by atoms with Crippen LogP contribution in [0.4, 0.5) is 5.69 Å². The number of hydrogen-bond donors (Lipinski definition) is 0. The largest absolute Gasteiger partial charge is 0.490 e. The fraction of sp³-hybridized carbons (Fsp3) is 0.200. The molecule has 28 heavy (non-hydrogen) atoms. The van der Waals surface area contributed by atoms with Crippen molar-refractivity contribution in [2.24, 2.45) is 4.99 Å². The van der Waals surface area contributed by atoms with Crippen molar-refractivity contribution in [1.82, 2.24) is 0 Å². The van der Waals surface area contributed by atoms with Crippen molar-refractivity contribution in [2.75, 3.05) is 13.2 Å². The molecule has 3 rings (SSSR count). The molecule has 8 heteroatoms. The van der Waals surface area contributed by atoms with E-state index in [1.54, 1.807) is 24.3 Å². The molecule has 1 heterocycles. The van der Waals surface area contributed by atoms with Gasteiger partial charge in [-0.1, -0.05) is 12.1 Å². The summed E-state index contributed by atoms with van der Waals surface area (Å²) >= 11 is 0. The first kappa shape index (κ1) is 19.1. The summed E-state index contributed by atoms with van der Waals surface area (Å²) in [6.07, 6.45) is 1.44. The molecule has 0 amide bonds. The van der Waals surface area contributed by atoms with Crippen LogP contribution in [0.5, 0.6) is 11.5 Å². The lowest BCUT2D eigenvalue weighted by Gasteiger charge is -2.11. The van der Waals surface area contributed by atoms with E-state index in [1.807, 2.05) is 13.8 Å². The number of rotatable bonds is 7. The van der Waals surface area contributed by atoms with Gasteiger partial charge in [0.25, 0.3) is 5.69 Å². The Balaban J connectivity index is 1.92. The van der Waals surface area contributed by atoms with E-state index >= 15 is 0 Å². The Morgan fingerprint density at radius 1 is 1.11 bits per heavy atom. The van der Waals surface area contributed by atoms with Crippen LogP contribution in [0.15, 0.2) is 53.2 Å². The monoisotopic (exact) mass is 382 g/mol. The van der Waals surface area contributed by atoms with E-state index in [4.69, 9.17) is 14.2 Å². The minimum Gasteiger partial charge on any atom is -0.490 e. The van der Waals surface area contributed by atoms with E-state index in [2.05, 4.69) is 4.99 Å². The first-order valence-electron chi connectivity index (χ1n) is 8.68. The van der Waals surface area contributed by atoms with Gasteiger partial charge in [-0.05, 0) is 43.7 Å². The zero-order valence-corrected chi connectivity index (χ0v) is 15.4. The normalized spacial score (nSPS) is 14.6. The minimum absolute atomic E-state index is 0.0577. The molecule has 0 aliphatic carbocycles. The first-order valence-corrected chi connectivity index (χ1v) is 8.68. The quantitative estimate of drug-likeness (QED) is 0.313. The Bertz CT molecular complexity index is 980. The number of aliphatic imine (C=N–C) groups is 1. The first-order chi connectivity index (χ1) is 13.5. The fourth-order valence-electron chi connectivity index (χ4n) is 2.60. The molecule has 0 N–H and O–H groups in total. The van der Waals surface area contributed by atoms with Gasteiger partial charge in [0.15, 0.2) is 17.2 Å². The predicted octanol–water partition coefficient (Wildman–Crippen LogP) is 3.74. The second kappa shape index (κ2) is 8.34. The maximum atomic E-state index is 12.2. The van der Waals surface area contributed by atoms with Crippen LogP contribution in [-0.4, -0.2) is 30.0 Å². The highest BCUT2D eigenvalue weighted by atomic mass is 16.6. The molecular formula is C20H18N2O6. The number of cyclic esters (lactones) is 1. The van der Waals surface area contributed by atoms with Crippen molar-refractivity contribution >= 4 is 23.6 Å². The summed E-state index contributed by atoms with van der Waals surface area (Å²) in [6, 6.07) is 11.0. The molecule has 0 spiro atoms. The van der Waals surface area contributed by atoms with Gasteiger partial charge in [-0.25, -0.2) is 9.79 Å². The van der Waals surface area contributed by atoms with E-state index in [9.17, 15) is 14.9 Å². The van der Waals surface area contributed by atoms with E-state index in [0.29, 0.717) is 35.8 Å². The van der Waals surface area contributed by atoms with Gasteiger partial charge in [0, 0.05) is 17.7 Å². The topological polar surface area (TPSA) is 100 Å². The number of hydrogen-bond acceptors (Lipinski definition) is 7. The number of carbonyl (C=O) groups is 1. The van der Waals surface area contributed by atoms with Crippen LogP contribution in [0.3, 0.4) is 0 Å². The maximum Gasteiger partial charge on any atom is 0.363 e. The summed E-state index contributed by atoms with van der Waals surface area (Å²) in [4.78, 5) is 26.8. The van der Waals surface area contributed by atoms with Gasteiger partial charge in [0.2, 0.25) is 5.90 Å². The maximum absolute atomic E-state index is 12.2. The van der Waals surface area contributed by atoms with Gasteiger partial charge in [0.1, 0.15) is 0 Å². The number of non-ortho nitro benzene ring substituents is 1. The van der Waals surface area contributed by atoms with E-state index in [0.717, 1.165) is 0 Å². The molecule has 0 unspecified atom stereocenters. The van der Waals surface area contributed by atoms with Gasteiger partial charge < -0.3 is 14.2 Å². The summed E-state index contributed by atoms with van der Waals surface area (Å²) in [5, 5.41) is 10.9. The molecule has 0 bridgehead atoms. The molecule has 0 saturated heterocycles. The van der Waals surface area contributed by atoms with Crippen molar-refractivity contribution in [2.45, 2.75) is 13.8 Å². The summed E-state index contributed by atoms with van der Waals surface area (Å²) < 4.78 is 16.4. The van der Waals surface area contributed by atoms with Crippen LogP contribution in [0.25, 0.3) is 6.08 Å².